The topological polar surface area (TPSA) is 67.1 Å². The first kappa shape index (κ1) is 15.7. The average Bonchev–Trinajstić information content (AvgIpc) is 2.48. The number of halogens is 2. The second-order valence-corrected chi connectivity index (χ2v) is 5.50. The van der Waals surface area contributed by atoms with E-state index in [0.717, 1.165) is 31.4 Å². The number of hydrogen-bond acceptors (Lipinski definition) is 2. The van der Waals surface area contributed by atoms with Crippen molar-refractivity contribution in [2.45, 2.75) is 25.7 Å². The van der Waals surface area contributed by atoms with Crippen LogP contribution in [0.1, 0.15) is 25.7 Å². The van der Waals surface area contributed by atoms with Gasteiger partial charge in [0, 0.05) is 12.6 Å². The summed E-state index contributed by atoms with van der Waals surface area (Å²) in [5, 5.41) is 5.13. The van der Waals surface area contributed by atoms with E-state index >= 15 is 0 Å². The first-order chi connectivity index (χ1) is 10.1. The fourth-order valence-electron chi connectivity index (χ4n) is 2.84. The number of amides is 2. The van der Waals surface area contributed by atoms with Gasteiger partial charge in [-0.05, 0) is 43.4 Å². The Morgan fingerprint density at radius 2 is 1.95 bits per heavy atom. The normalized spacial score (nSPS) is 21.9. The molecule has 1 aliphatic rings. The van der Waals surface area contributed by atoms with Gasteiger partial charge >= 0.3 is 6.03 Å². The molecule has 0 radical (unpaired) electrons. The number of nitrogens with one attached hydrogen (secondary N) is 2. The lowest BCUT2D eigenvalue weighted by Crippen LogP contribution is -2.38. The molecule has 2 atom stereocenters. The summed E-state index contributed by atoms with van der Waals surface area (Å²) < 4.78 is 26.2. The Bertz CT molecular complexity index is 496. The van der Waals surface area contributed by atoms with Crippen LogP contribution in [-0.2, 0) is 0 Å². The van der Waals surface area contributed by atoms with Gasteiger partial charge in [0.2, 0.25) is 0 Å². The summed E-state index contributed by atoms with van der Waals surface area (Å²) in [5.74, 6) is -0.664. The number of urea groups is 1. The molecule has 116 valence electrons. The Balaban J connectivity index is 1.84. The van der Waals surface area contributed by atoms with E-state index in [1.807, 2.05) is 0 Å². The van der Waals surface area contributed by atoms with E-state index in [-0.39, 0.29) is 5.69 Å². The molecule has 4 N–H and O–H groups in total. The highest BCUT2D eigenvalue weighted by Gasteiger charge is 2.24. The zero-order chi connectivity index (χ0) is 15.2. The van der Waals surface area contributed by atoms with Crippen LogP contribution in [0.2, 0.25) is 0 Å². The molecule has 1 aromatic rings. The lowest BCUT2D eigenvalue weighted by Gasteiger charge is -2.30. The lowest BCUT2D eigenvalue weighted by molar-refractivity contribution is 0.225. The van der Waals surface area contributed by atoms with Crippen molar-refractivity contribution in [3.63, 3.8) is 0 Å². The Kier molecular flexibility index (Phi) is 5.50. The van der Waals surface area contributed by atoms with Gasteiger partial charge in [-0.1, -0.05) is 12.8 Å². The summed E-state index contributed by atoms with van der Waals surface area (Å²) in [4.78, 5) is 11.8. The van der Waals surface area contributed by atoms with Crippen molar-refractivity contribution < 1.29 is 13.6 Å². The molecule has 1 saturated carbocycles. The first-order valence-corrected chi connectivity index (χ1v) is 7.30. The van der Waals surface area contributed by atoms with Crippen LogP contribution in [-0.4, -0.2) is 19.1 Å². The second-order valence-electron chi connectivity index (χ2n) is 5.50. The molecule has 1 aliphatic carbocycles. The standard InChI is InChI=1S/C15H21F2N3O/c16-12-5-6-14(13(17)7-12)20-15(21)19-9-11-4-2-1-3-10(11)8-18/h5-7,10-11H,1-4,8-9,18H2,(H2,19,20,21). The lowest BCUT2D eigenvalue weighted by atomic mass is 9.79. The van der Waals surface area contributed by atoms with E-state index < -0.39 is 17.7 Å². The van der Waals surface area contributed by atoms with Gasteiger partial charge in [-0.3, -0.25) is 0 Å². The van der Waals surface area contributed by atoms with E-state index in [1.54, 1.807) is 0 Å². The first-order valence-electron chi connectivity index (χ1n) is 7.30. The minimum Gasteiger partial charge on any atom is -0.338 e. The fourth-order valence-corrected chi connectivity index (χ4v) is 2.84. The van der Waals surface area contributed by atoms with Gasteiger partial charge in [0.25, 0.3) is 0 Å². The largest absolute Gasteiger partial charge is 0.338 e. The number of anilines is 1. The minimum atomic E-state index is -0.789. The zero-order valence-electron chi connectivity index (χ0n) is 11.9. The molecule has 4 nitrogen and oxygen atoms in total. The number of rotatable bonds is 4. The Morgan fingerprint density at radius 3 is 2.62 bits per heavy atom. The molecule has 1 aromatic carbocycles. The van der Waals surface area contributed by atoms with Crippen LogP contribution in [0.3, 0.4) is 0 Å². The Morgan fingerprint density at radius 1 is 1.24 bits per heavy atom. The quantitative estimate of drug-likeness (QED) is 0.800. The van der Waals surface area contributed by atoms with Crippen LogP contribution in [0, 0.1) is 23.5 Å². The van der Waals surface area contributed by atoms with Crippen LogP contribution < -0.4 is 16.4 Å². The molecule has 0 saturated heterocycles. The maximum absolute atomic E-state index is 13.4. The number of hydrogen-bond donors (Lipinski definition) is 3. The molecule has 0 bridgehead atoms. The third-order valence-electron chi connectivity index (χ3n) is 4.07. The predicted molar refractivity (Wildman–Crippen MR) is 77.9 cm³/mol. The number of carbonyl (C=O) groups is 1. The molecule has 6 heteroatoms. The maximum Gasteiger partial charge on any atom is 0.319 e. The average molecular weight is 297 g/mol. The third-order valence-corrected chi connectivity index (χ3v) is 4.07. The van der Waals surface area contributed by atoms with E-state index in [4.69, 9.17) is 5.73 Å². The van der Waals surface area contributed by atoms with Crippen molar-refractivity contribution in [2.24, 2.45) is 17.6 Å². The molecular weight excluding hydrogens is 276 g/mol. The zero-order valence-corrected chi connectivity index (χ0v) is 11.9. The van der Waals surface area contributed by atoms with Crippen LogP contribution in [0.5, 0.6) is 0 Å². The highest BCUT2D eigenvalue weighted by atomic mass is 19.1. The molecule has 2 amide bonds. The van der Waals surface area contributed by atoms with Crippen molar-refractivity contribution in [1.29, 1.82) is 0 Å². The Labute approximate surface area is 123 Å². The Hall–Kier alpha value is -1.69. The van der Waals surface area contributed by atoms with Crippen molar-refractivity contribution in [2.75, 3.05) is 18.4 Å². The molecule has 0 aromatic heterocycles. The summed E-state index contributed by atoms with van der Waals surface area (Å²) in [6.45, 7) is 1.15. The number of benzene rings is 1. The van der Waals surface area contributed by atoms with Gasteiger partial charge in [-0.15, -0.1) is 0 Å². The van der Waals surface area contributed by atoms with Gasteiger partial charge in [-0.25, -0.2) is 13.6 Å². The molecular formula is C15H21F2N3O. The fraction of sp³-hybridized carbons (Fsp3) is 0.533. The van der Waals surface area contributed by atoms with Crippen molar-refractivity contribution in [3.8, 4) is 0 Å². The van der Waals surface area contributed by atoms with Gasteiger partial charge in [0.05, 0.1) is 5.69 Å². The maximum atomic E-state index is 13.4. The summed E-state index contributed by atoms with van der Waals surface area (Å²) in [7, 11) is 0. The molecule has 2 rings (SSSR count). The molecule has 0 aliphatic heterocycles. The SMILES string of the molecule is NCC1CCCCC1CNC(=O)Nc1ccc(F)cc1F. The highest BCUT2D eigenvalue weighted by Crippen LogP contribution is 2.28. The van der Waals surface area contributed by atoms with Crippen molar-refractivity contribution in [3.05, 3.63) is 29.8 Å². The van der Waals surface area contributed by atoms with Crippen LogP contribution in [0.25, 0.3) is 0 Å². The van der Waals surface area contributed by atoms with E-state index in [1.165, 1.54) is 12.5 Å². The molecule has 21 heavy (non-hydrogen) atoms. The van der Waals surface area contributed by atoms with Gasteiger partial charge in [0.1, 0.15) is 11.6 Å². The van der Waals surface area contributed by atoms with Crippen LogP contribution >= 0.6 is 0 Å². The minimum absolute atomic E-state index is 0.0343. The van der Waals surface area contributed by atoms with Crippen LogP contribution in [0.15, 0.2) is 18.2 Å². The predicted octanol–water partition coefficient (Wildman–Crippen LogP) is 2.85. The summed E-state index contributed by atoms with van der Waals surface area (Å²) in [6, 6.07) is 2.56. The second kappa shape index (κ2) is 7.36. The highest BCUT2D eigenvalue weighted by molar-refractivity contribution is 5.89. The summed E-state index contributed by atoms with van der Waals surface area (Å²) in [5.41, 5.74) is 5.71. The monoisotopic (exact) mass is 297 g/mol. The molecule has 0 heterocycles. The summed E-state index contributed by atoms with van der Waals surface area (Å²) >= 11 is 0. The smallest absolute Gasteiger partial charge is 0.319 e. The van der Waals surface area contributed by atoms with Gasteiger partial charge in [-0.2, -0.15) is 0 Å². The third kappa shape index (κ3) is 4.39. The van der Waals surface area contributed by atoms with Gasteiger partial charge < -0.3 is 16.4 Å². The number of carbonyl (C=O) groups excluding carboxylic acids is 1. The van der Waals surface area contributed by atoms with E-state index in [2.05, 4.69) is 10.6 Å². The summed E-state index contributed by atoms with van der Waals surface area (Å²) in [6.07, 6.45) is 4.48. The van der Waals surface area contributed by atoms with Crippen molar-refractivity contribution in [1.82, 2.24) is 5.32 Å². The van der Waals surface area contributed by atoms with Crippen molar-refractivity contribution >= 4 is 11.7 Å². The van der Waals surface area contributed by atoms with E-state index in [9.17, 15) is 13.6 Å². The van der Waals surface area contributed by atoms with E-state index in [0.29, 0.717) is 24.9 Å². The molecule has 1 fully saturated rings. The van der Waals surface area contributed by atoms with Crippen LogP contribution in [0.4, 0.5) is 19.3 Å². The number of nitrogens with two attached hydrogens (primary N) is 1. The molecule has 0 spiro atoms. The van der Waals surface area contributed by atoms with Gasteiger partial charge in [0.15, 0.2) is 0 Å². The molecule has 2 unspecified atom stereocenters.